The first kappa shape index (κ1) is 21.2. The minimum Gasteiger partial charge on any atom is -0.355 e. The Balaban J connectivity index is 2.03. The second kappa shape index (κ2) is 8.90. The number of nitrogens with one attached hydrogen (secondary N) is 1. The molecule has 1 amide bonds. The largest absolute Gasteiger partial charge is 0.355 e. The van der Waals surface area contributed by atoms with Gasteiger partial charge in [-0.05, 0) is 77.2 Å². The first-order chi connectivity index (χ1) is 13.3. The normalized spacial score (nSPS) is 18.0. The van der Waals surface area contributed by atoms with E-state index < -0.39 is 21.9 Å². The number of rotatable bonds is 5. The van der Waals surface area contributed by atoms with E-state index in [0.29, 0.717) is 23.6 Å². The second-order valence-electron chi connectivity index (χ2n) is 6.56. The molecule has 0 saturated carbocycles. The summed E-state index contributed by atoms with van der Waals surface area (Å²) in [5.74, 6) is -0.765. The van der Waals surface area contributed by atoms with E-state index in [9.17, 15) is 17.6 Å². The molecule has 1 fully saturated rings. The van der Waals surface area contributed by atoms with Gasteiger partial charge in [0.05, 0.1) is 9.37 Å². The van der Waals surface area contributed by atoms with Crippen molar-refractivity contribution in [2.75, 3.05) is 6.54 Å². The molecule has 2 aromatic carbocycles. The summed E-state index contributed by atoms with van der Waals surface area (Å²) >= 11 is 9.01. The topological polar surface area (TPSA) is 66.5 Å². The van der Waals surface area contributed by atoms with Crippen LogP contribution in [0.3, 0.4) is 0 Å². The zero-order chi connectivity index (χ0) is 20.3. The van der Waals surface area contributed by atoms with Gasteiger partial charge in [-0.15, -0.1) is 0 Å². The van der Waals surface area contributed by atoms with Gasteiger partial charge in [0.1, 0.15) is 11.9 Å². The fourth-order valence-corrected chi connectivity index (χ4v) is 5.28. The number of hydrogen-bond acceptors (Lipinski definition) is 3. The molecule has 9 heteroatoms. The quantitative estimate of drug-likeness (QED) is 0.688. The van der Waals surface area contributed by atoms with E-state index in [2.05, 4.69) is 21.2 Å². The minimum atomic E-state index is -3.98. The molecule has 2 aromatic rings. The van der Waals surface area contributed by atoms with Gasteiger partial charge >= 0.3 is 0 Å². The van der Waals surface area contributed by atoms with Crippen molar-refractivity contribution in [3.63, 3.8) is 0 Å². The average Bonchev–Trinajstić information content (AvgIpc) is 2.87. The highest BCUT2D eigenvalue weighted by atomic mass is 79.9. The van der Waals surface area contributed by atoms with E-state index in [4.69, 9.17) is 11.6 Å². The number of nitrogens with zero attached hydrogens (tertiary/aromatic N) is 1. The number of amides is 1. The predicted octanol–water partition coefficient (Wildman–Crippen LogP) is 4.10. The maximum Gasteiger partial charge on any atom is 0.244 e. The molecule has 0 bridgehead atoms. The molecule has 5 nitrogen and oxygen atoms in total. The Morgan fingerprint density at radius 1 is 1.18 bits per heavy atom. The lowest BCUT2D eigenvalue weighted by Gasteiger charge is -2.29. The molecule has 1 N–H and O–H groups in total. The third kappa shape index (κ3) is 4.74. The van der Waals surface area contributed by atoms with Crippen molar-refractivity contribution in [3.05, 3.63) is 63.3 Å². The summed E-state index contributed by atoms with van der Waals surface area (Å²) in [6.45, 7) is 0.466. The van der Waals surface area contributed by atoms with Gasteiger partial charge in [0.15, 0.2) is 0 Å². The van der Waals surface area contributed by atoms with Crippen LogP contribution >= 0.6 is 27.5 Å². The summed E-state index contributed by atoms with van der Waals surface area (Å²) in [4.78, 5) is 12.6. The van der Waals surface area contributed by atoms with Crippen molar-refractivity contribution in [2.24, 2.45) is 0 Å². The van der Waals surface area contributed by atoms with Gasteiger partial charge in [-0.3, -0.25) is 4.79 Å². The summed E-state index contributed by atoms with van der Waals surface area (Å²) in [6.07, 6.45) is 1.93. The van der Waals surface area contributed by atoms with Crippen molar-refractivity contribution in [1.82, 2.24) is 9.62 Å². The van der Waals surface area contributed by atoms with Crippen molar-refractivity contribution in [3.8, 4) is 0 Å². The Morgan fingerprint density at radius 3 is 2.57 bits per heavy atom. The van der Waals surface area contributed by atoms with E-state index in [1.165, 1.54) is 46.8 Å². The zero-order valence-electron chi connectivity index (χ0n) is 14.9. The lowest BCUT2D eigenvalue weighted by atomic mass is 10.1. The summed E-state index contributed by atoms with van der Waals surface area (Å²) in [5.41, 5.74) is 0.572. The zero-order valence-corrected chi connectivity index (χ0v) is 18.0. The summed E-state index contributed by atoms with van der Waals surface area (Å²) in [6, 6.07) is 9.28. The summed E-state index contributed by atoms with van der Waals surface area (Å²) < 4.78 is 41.8. The van der Waals surface area contributed by atoms with Gasteiger partial charge in [-0.2, -0.15) is 4.31 Å². The van der Waals surface area contributed by atoms with Crippen LogP contribution < -0.4 is 5.32 Å². The Kier molecular flexibility index (Phi) is 6.75. The maximum atomic E-state index is 13.6. The maximum absolute atomic E-state index is 13.6. The lowest BCUT2D eigenvalue weighted by molar-refractivity contribution is -0.124. The van der Waals surface area contributed by atoms with Crippen LogP contribution in [0.1, 0.15) is 24.8 Å². The Bertz CT molecular complexity index is 970. The number of halogens is 3. The van der Waals surface area contributed by atoms with Gasteiger partial charge in [0.25, 0.3) is 0 Å². The number of carbonyl (C=O) groups is 1. The van der Waals surface area contributed by atoms with E-state index >= 15 is 0 Å². The SMILES string of the molecule is O=C1NCCCCC1N(Cc1ccc(F)c(Br)c1)S(=O)(=O)c1ccc(Cl)cc1. The third-order valence-corrected chi connectivity index (χ3v) is 7.33. The number of hydrogen-bond donors (Lipinski definition) is 1. The van der Waals surface area contributed by atoms with Gasteiger partial charge in [0, 0.05) is 18.1 Å². The monoisotopic (exact) mass is 488 g/mol. The van der Waals surface area contributed by atoms with Crippen molar-refractivity contribution >= 4 is 43.5 Å². The molecule has 0 aliphatic carbocycles. The molecule has 1 heterocycles. The van der Waals surface area contributed by atoms with Gasteiger partial charge in [0.2, 0.25) is 15.9 Å². The molecular formula is C19H19BrClFN2O3S. The molecule has 0 spiro atoms. The average molecular weight is 490 g/mol. The van der Waals surface area contributed by atoms with Crippen molar-refractivity contribution < 1.29 is 17.6 Å². The molecule has 1 saturated heterocycles. The second-order valence-corrected chi connectivity index (χ2v) is 9.74. The summed E-state index contributed by atoms with van der Waals surface area (Å²) in [5, 5.41) is 3.20. The van der Waals surface area contributed by atoms with Crippen LogP contribution in [0.4, 0.5) is 4.39 Å². The third-order valence-electron chi connectivity index (χ3n) is 4.60. The number of carbonyl (C=O) groups excluding carboxylic acids is 1. The van der Waals surface area contributed by atoms with E-state index in [-0.39, 0.29) is 21.8 Å². The summed E-state index contributed by atoms with van der Waals surface area (Å²) in [7, 11) is -3.98. The fourth-order valence-electron chi connectivity index (χ4n) is 3.12. The van der Waals surface area contributed by atoms with E-state index in [0.717, 1.165) is 12.8 Å². The molecule has 28 heavy (non-hydrogen) atoms. The van der Waals surface area contributed by atoms with Crippen LogP contribution in [-0.4, -0.2) is 31.2 Å². The highest BCUT2D eigenvalue weighted by molar-refractivity contribution is 9.10. The van der Waals surface area contributed by atoms with Crippen LogP contribution in [0, 0.1) is 5.82 Å². The van der Waals surface area contributed by atoms with Crippen LogP contribution in [0.2, 0.25) is 5.02 Å². The van der Waals surface area contributed by atoms with Crippen LogP contribution in [0.5, 0.6) is 0 Å². The highest BCUT2D eigenvalue weighted by Gasteiger charge is 2.36. The van der Waals surface area contributed by atoms with E-state index in [1.54, 1.807) is 0 Å². The van der Waals surface area contributed by atoms with Crippen LogP contribution in [-0.2, 0) is 21.4 Å². The van der Waals surface area contributed by atoms with Crippen LogP contribution in [0.25, 0.3) is 0 Å². The molecule has 1 aliphatic heterocycles. The standard InChI is InChI=1S/C19H19BrClFN2O3S/c20-16-11-13(4-9-17(16)22)12-24(18-3-1-2-10-23-19(18)25)28(26,27)15-7-5-14(21)6-8-15/h4-9,11,18H,1-3,10,12H2,(H,23,25). The van der Waals surface area contributed by atoms with E-state index in [1.807, 2.05) is 0 Å². The smallest absolute Gasteiger partial charge is 0.244 e. The Morgan fingerprint density at radius 2 is 1.89 bits per heavy atom. The Labute approximate surface area is 177 Å². The molecule has 0 radical (unpaired) electrons. The molecule has 1 unspecified atom stereocenters. The number of benzene rings is 2. The molecular weight excluding hydrogens is 471 g/mol. The van der Waals surface area contributed by atoms with Gasteiger partial charge < -0.3 is 5.32 Å². The minimum absolute atomic E-state index is 0.0510. The van der Waals surface area contributed by atoms with Crippen LogP contribution in [0.15, 0.2) is 51.8 Å². The molecule has 150 valence electrons. The highest BCUT2D eigenvalue weighted by Crippen LogP contribution is 2.27. The van der Waals surface area contributed by atoms with Crippen molar-refractivity contribution in [2.45, 2.75) is 36.7 Å². The molecule has 0 aromatic heterocycles. The molecule has 3 rings (SSSR count). The predicted molar refractivity (Wildman–Crippen MR) is 109 cm³/mol. The van der Waals surface area contributed by atoms with Gasteiger partial charge in [-0.1, -0.05) is 17.7 Å². The fraction of sp³-hybridized carbons (Fsp3) is 0.316. The first-order valence-corrected chi connectivity index (χ1v) is 11.4. The lowest BCUT2D eigenvalue weighted by Crippen LogP contribution is -2.48. The Hall–Kier alpha value is -1.48. The van der Waals surface area contributed by atoms with Gasteiger partial charge in [-0.25, -0.2) is 12.8 Å². The molecule has 1 aliphatic rings. The first-order valence-electron chi connectivity index (χ1n) is 8.78. The molecule has 1 atom stereocenters. The van der Waals surface area contributed by atoms with Crippen molar-refractivity contribution in [1.29, 1.82) is 0 Å². The number of sulfonamides is 1.